The van der Waals surface area contributed by atoms with E-state index in [-0.39, 0.29) is 10.8 Å². The molecule has 2 aromatic carbocycles. The third-order valence-corrected chi connectivity index (χ3v) is 5.47. The molecular formula is C24H34O3. The molecule has 2 aromatic rings. The Morgan fingerprint density at radius 2 is 0.889 bits per heavy atom. The molecule has 2 N–H and O–H groups in total. The van der Waals surface area contributed by atoms with Gasteiger partial charge in [0.05, 0.1) is 13.2 Å². The van der Waals surface area contributed by atoms with E-state index < -0.39 is 0 Å². The Hall–Kier alpha value is -2.00. The van der Waals surface area contributed by atoms with Crippen LogP contribution in [0.1, 0.15) is 61.1 Å². The zero-order valence-electron chi connectivity index (χ0n) is 18.0. The van der Waals surface area contributed by atoms with Gasteiger partial charge in [0.15, 0.2) is 0 Å². The van der Waals surface area contributed by atoms with Gasteiger partial charge >= 0.3 is 0 Å². The first-order chi connectivity index (χ1) is 12.3. The highest BCUT2D eigenvalue weighted by atomic mass is 16.5. The number of aryl methyl sites for hydroxylation is 4. The molecule has 0 saturated carbocycles. The van der Waals surface area contributed by atoms with E-state index >= 15 is 0 Å². The molecule has 3 heteroatoms. The minimum atomic E-state index is -0.153. The third-order valence-electron chi connectivity index (χ3n) is 5.47. The lowest BCUT2D eigenvalue weighted by Gasteiger charge is -2.31. The first kappa shape index (κ1) is 21.3. The lowest BCUT2D eigenvalue weighted by atomic mass is 9.82. The van der Waals surface area contributed by atoms with Crippen molar-refractivity contribution in [3.8, 4) is 11.5 Å². The summed E-state index contributed by atoms with van der Waals surface area (Å²) in [6, 6.07) is 8.18. The van der Waals surface area contributed by atoms with Gasteiger partial charge in [0.1, 0.15) is 11.5 Å². The average Bonchev–Trinajstić information content (AvgIpc) is 2.56. The second kappa shape index (κ2) is 7.55. The van der Waals surface area contributed by atoms with Gasteiger partial charge in [0.2, 0.25) is 0 Å². The second-order valence-corrected chi connectivity index (χ2v) is 9.18. The minimum Gasteiger partial charge on any atom is -0.507 e. The normalized spacial score (nSPS) is 12.4. The molecule has 0 saturated heterocycles. The Morgan fingerprint density at radius 3 is 1.15 bits per heavy atom. The fraction of sp³-hybridized carbons (Fsp3) is 0.500. The summed E-state index contributed by atoms with van der Waals surface area (Å²) in [6.07, 6.45) is 0. The van der Waals surface area contributed by atoms with Crippen LogP contribution < -0.4 is 0 Å². The van der Waals surface area contributed by atoms with Gasteiger partial charge in [-0.1, -0.05) is 52.0 Å². The van der Waals surface area contributed by atoms with Gasteiger partial charge in [0.25, 0.3) is 0 Å². The summed E-state index contributed by atoms with van der Waals surface area (Å²) in [4.78, 5) is 0. The Labute approximate surface area is 164 Å². The van der Waals surface area contributed by atoms with Crippen molar-refractivity contribution in [1.82, 2.24) is 0 Å². The fourth-order valence-corrected chi connectivity index (χ4v) is 3.42. The van der Waals surface area contributed by atoms with Crippen LogP contribution >= 0.6 is 0 Å². The van der Waals surface area contributed by atoms with Crippen molar-refractivity contribution in [2.45, 2.75) is 66.2 Å². The molecule has 27 heavy (non-hydrogen) atoms. The smallest absolute Gasteiger partial charge is 0.121 e. The Kier molecular flexibility index (Phi) is 5.96. The van der Waals surface area contributed by atoms with Crippen LogP contribution in [-0.4, -0.2) is 23.4 Å². The summed E-state index contributed by atoms with van der Waals surface area (Å²) >= 11 is 0. The van der Waals surface area contributed by atoms with Crippen molar-refractivity contribution in [1.29, 1.82) is 0 Å². The van der Waals surface area contributed by atoms with Crippen LogP contribution in [-0.2, 0) is 15.6 Å². The summed E-state index contributed by atoms with van der Waals surface area (Å²) in [5.74, 6) is 0.740. The van der Waals surface area contributed by atoms with E-state index in [1.54, 1.807) is 0 Å². The molecule has 3 nitrogen and oxygen atoms in total. The van der Waals surface area contributed by atoms with Crippen molar-refractivity contribution in [2.24, 2.45) is 0 Å². The molecule has 0 radical (unpaired) electrons. The van der Waals surface area contributed by atoms with Crippen molar-refractivity contribution in [3.63, 3.8) is 0 Å². The summed E-state index contributed by atoms with van der Waals surface area (Å²) in [6.45, 7) is 17.6. The molecule has 148 valence electrons. The van der Waals surface area contributed by atoms with Gasteiger partial charge in [-0.3, -0.25) is 0 Å². The van der Waals surface area contributed by atoms with Crippen molar-refractivity contribution < 1.29 is 14.9 Å². The van der Waals surface area contributed by atoms with Gasteiger partial charge in [-0.2, -0.15) is 0 Å². The van der Waals surface area contributed by atoms with E-state index in [0.29, 0.717) is 24.7 Å². The number of aromatic hydroxyl groups is 2. The predicted molar refractivity (Wildman–Crippen MR) is 112 cm³/mol. The topological polar surface area (TPSA) is 49.7 Å². The summed E-state index contributed by atoms with van der Waals surface area (Å²) < 4.78 is 6.17. The molecular weight excluding hydrogens is 336 g/mol. The highest BCUT2D eigenvalue weighted by molar-refractivity contribution is 5.45. The minimum absolute atomic E-state index is 0.153. The van der Waals surface area contributed by atoms with E-state index in [1.165, 1.54) is 11.1 Å². The van der Waals surface area contributed by atoms with E-state index in [9.17, 15) is 10.2 Å². The van der Waals surface area contributed by atoms with Crippen molar-refractivity contribution in [2.75, 3.05) is 13.2 Å². The van der Waals surface area contributed by atoms with Gasteiger partial charge in [-0.15, -0.1) is 0 Å². The highest BCUT2D eigenvalue weighted by Crippen LogP contribution is 2.33. The molecule has 0 unspecified atom stereocenters. The van der Waals surface area contributed by atoms with E-state index in [0.717, 1.165) is 22.3 Å². The highest BCUT2D eigenvalue weighted by Gasteiger charge is 2.26. The van der Waals surface area contributed by atoms with E-state index in [1.807, 2.05) is 52.0 Å². The number of rotatable bonds is 6. The van der Waals surface area contributed by atoms with Crippen LogP contribution in [0.15, 0.2) is 24.3 Å². The second-order valence-electron chi connectivity index (χ2n) is 9.18. The van der Waals surface area contributed by atoms with Gasteiger partial charge < -0.3 is 14.9 Å². The third kappa shape index (κ3) is 4.65. The molecule has 0 aromatic heterocycles. The van der Waals surface area contributed by atoms with Gasteiger partial charge in [0, 0.05) is 10.8 Å². The number of hydrogen-bond acceptors (Lipinski definition) is 3. The van der Waals surface area contributed by atoms with Crippen molar-refractivity contribution in [3.05, 3.63) is 57.6 Å². The molecule has 0 atom stereocenters. The van der Waals surface area contributed by atoms with Gasteiger partial charge in [-0.25, -0.2) is 0 Å². The first-order valence-electron chi connectivity index (χ1n) is 9.54. The van der Waals surface area contributed by atoms with Crippen LogP contribution in [0, 0.1) is 27.7 Å². The number of benzene rings is 2. The van der Waals surface area contributed by atoms with Gasteiger partial charge in [-0.05, 0) is 61.1 Å². The number of ether oxygens (including phenoxy) is 1. The lowest BCUT2D eigenvalue weighted by Crippen LogP contribution is -2.30. The Bertz CT molecular complexity index is 716. The van der Waals surface area contributed by atoms with Crippen LogP contribution in [0.4, 0.5) is 0 Å². The summed E-state index contributed by atoms with van der Waals surface area (Å²) in [5, 5.41) is 20.0. The maximum absolute atomic E-state index is 10.0. The van der Waals surface area contributed by atoms with Crippen LogP contribution in [0.5, 0.6) is 11.5 Å². The van der Waals surface area contributed by atoms with E-state index in [2.05, 4.69) is 27.7 Å². The predicted octanol–water partition coefficient (Wildman–Crippen LogP) is 5.60. The number of phenolic OH excluding ortho intramolecular Hbond substituents is 2. The number of phenols is 2. The molecule has 0 aliphatic rings. The SMILES string of the molecule is Cc1cc(C(C)(C)COCC(C)(C)c2cc(C)c(O)c(C)c2)cc(C)c1O. The molecule has 0 spiro atoms. The molecule has 0 aliphatic heterocycles. The molecule has 0 amide bonds. The fourth-order valence-electron chi connectivity index (χ4n) is 3.42. The molecule has 0 heterocycles. The zero-order chi connectivity index (χ0) is 20.6. The Morgan fingerprint density at radius 1 is 0.630 bits per heavy atom. The van der Waals surface area contributed by atoms with Crippen molar-refractivity contribution >= 4 is 0 Å². The zero-order valence-corrected chi connectivity index (χ0v) is 18.0. The summed E-state index contributed by atoms with van der Waals surface area (Å²) in [7, 11) is 0. The molecule has 2 rings (SSSR count). The summed E-state index contributed by atoms with van der Waals surface area (Å²) in [5.41, 5.74) is 5.62. The Balaban J connectivity index is 2.12. The first-order valence-corrected chi connectivity index (χ1v) is 9.54. The molecule has 0 aliphatic carbocycles. The molecule has 0 fully saturated rings. The average molecular weight is 371 g/mol. The van der Waals surface area contributed by atoms with Crippen LogP contribution in [0.2, 0.25) is 0 Å². The maximum Gasteiger partial charge on any atom is 0.121 e. The van der Waals surface area contributed by atoms with Crippen LogP contribution in [0.25, 0.3) is 0 Å². The lowest BCUT2D eigenvalue weighted by molar-refractivity contribution is 0.0633. The standard InChI is InChI=1S/C24H34O3/c1-15-9-19(10-16(2)21(15)25)23(5,6)13-27-14-24(7,8)20-11-17(3)22(26)18(4)12-20/h9-12,25-26H,13-14H2,1-8H3. The largest absolute Gasteiger partial charge is 0.507 e. The quantitative estimate of drug-likeness (QED) is 0.695. The van der Waals surface area contributed by atoms with E-state index in [4.69, 9.17) is 4.74 Å². The van der Waals surface area contributed by atoms with Crippen LogP contribution in [0.3, 0.4) is 0 Å². The molecule has 0 bridgehead atoms. The monoisotopic (exact) mass is 370 g/mol. The number of hydrogen-bond donors (Lipinski definition) is 2. The maximum atomic E-state index is 10.0.